The molecule has 0 aliphatic carbocycles. The number of aryl methyl sites for hydroxylation is 1. The number of hydrogen-bond donors (Lipinski definition) is 0. The number of rotatable bonds is 4. The maximum Gasteiger partial charge on any atom is 0.256 e. The first-order valence-corrected chi connectivity index (χ1v) is 11.0. The molecule has 0 unspecified atom stereocenters. The van der Waals surface area contributed by atoms with Crippen molar-refractivity contribution < 1.29 is 9.59 Å². The van der Waals surface area contributed by atoms with Crippen molar-refractivity contribution in [2.75, 3.05) is 31.1 Å². The second-order valence-electron chi connectivity index (χ2n) is 8.45. The molecule has 2 aromatic heterocycles. The fourth-order valence-electron chi connectivity index (χ4n) is 4.84. The van der Waals surface area contributed by atoms with E-state index in [4.69, 9.17) is 0 Å². The van der Waals surface area contributed by atoms with Gasteiger partial charge >= 0.3 is 0 Å². The van der Waals surface area contributed by atoms with Crippen LogP contribution in [-0.2, 0) is 4.79 Å². The summed E-state index contributed by atoms with van der Waals surface area (Å²) in [5.41, 5.74) is 1.58. The van der Waals surface area contributed by atoms with E-state index in [1.54, 1.807) is 25.5 Å². The van der Waals surface area contributed by atoms with E-state index < -0.39 is 0 Å². The van der Waals surface area contributed by atoms with Crippen LogP contribution in [0.3, 0.4) is 0 Å². The Hall–Kier alpha value is -2.87. The summed E-state index contributed by atoms with van der Waals surface area (Å²) in [6.45, 7) is 7.07. The number of nitrogens with zero attached hydrogens (tertiary/aromatic N) is 6. The first-order valence-electron chi connectivity index (χ1n) is 11.0. The predicted octanol–water partition coefficient (Wildman–Crippen LogP) is 2.30. The summed E-state index contributed by atoms with van der Waals surface area (Å²) < 4.78 is 0. The summed E-state index contributed by atoms with van der Waals surface area (Å²) in [5.74, 6) is 0.850. The number of piperidine rings is 2. The van der Waals surface area contributed by atoms with Crippen LogP contribution < -0.4 is 4.90 Å². The molecule has 4 heterocycles. The summed E-state index contributed by atoms with van der Waals surface area (Å²) in [6.07, 6.45) is 10.2. The van der Waals surface area contributed by atoms with Crippen LogP contribution in [-0.4, -0.2) is 74.8 Å². The zero-order valence-corrected chi connectivity index (χ0v) is 18.3. The minimum atomic E-state index is 0.0144. The lowest BCUT2D eigenvalue weighted by Crippen LogP contribution is -2.52. The molecule has 0 bridgehead atoms. The lowest BCUT2D eigenvalue weighted by atomic mass is 9.96. The van der Waals surface area contributed by atoms with Gasteiger partial charge in [0.2, 0.25) is 5.91 Å². The number of likely N-dealkylation sites (tertiary alicyclic amines) is 2. The molecule has 2 amide bonds. The van der Waals surface area contributed by atoms with Crippen LogP contribution >= 0.6 is 0 Å². The van der Waals surface area contributed by atoms with Crippen molar-refractivity contribution in [1.82, 2.24) is 24.8 Å². The van der Waals surface area contributed by atoms with E-state index in [2.05, 4.69) is 19.9 Å². The summed E-state index contributed by atoms with van der Waals surface area (Å²) in [4.78, 5) is 43.7. The Balaban J connectivity index is 1.32. The molecule has 164 valence electrons. The number of carbonyl (C=O) groups excluding carboxylic acids is 2. The molecule has 31 heavy (non-hydrogen) atoms. The van der Waals surface area contributed by atoms with Crippen LogP contribution in [0, 0.1) is 6.92 Å². The van der Waals surface area contributed by atoms with Crippen LogP contribution in [0.1, 0.15) is 48.5 Å². The first kappa shape index (κ1) is 21.4. The Bertz CT molecular complexity index is 905. The van der Waals surface area contributed by atoms with Crippen LogP contribution in [0.25, 0.3) is 0 Å². The molecule has 2 fully saturated rings. The summed E-state index contributed by atoms with van der Waals surface area (Å²) in [7, 11) is 0. The van der Waals surface area contributed by atoms with E-state index in [0.29, 0.717) is 11.6 Å². The average molecular weight is 423 g/mol. The van der Waals surface area contributed by atoms with Gasteiger partial charge in [-0.3, -0.25) is 14.5 Å². The molecule has 2 saturated heterocycles. The van der Waals surface area contributed by atoms with E-state index in [0.717, 1.165) is 63.2 Å². The van der Waals surface area contributed by atoms with Crippen molar-refractivity contribution in [1.29, 1.82) is 0 Å². The van der Waals surface area contributed by atoms with Crippen molar-refractivity contribution >= 4 is 17.6 Å². The highest BCUT2D eigenvalue weighted by molar-refractivity contribution is 5.93. The van der Waals surface area contributed by atoms with Gasteiger partial charge in [-0.2, -0.15) is 0 Å². The monoisotopic (exact) mass is 422 g/mol. The zero-order valence-electron chi connectivity index (χ0n) is 18.3. The summed E-state index contributed by atoms with van der Waals surface area (Å²) in [6, 6.07) is 4.58. The molecule has 4 rings (SSSR count). The van der Waals surface area contributed by atoms with Crippen LogP contribution in [0.2, 0.25) is 0 Å². The van der Waals surface area contributed by atoms with Crippen molar-refractivity contribution in [2.45, 2.75) is 51.6 Å². The van der Waals surface area contributed by atoms with E-state index in [1.807, 2.05) is 28.9 Å². The number of pyridine rings is 1. The molecule has 0 aromatic carbocycles. The van der Waals surface area contributed by atoms with Gasteiger partial charge in [-0.25, -0.2) is 15.0 Å². The van der Waals surface area contributed by atoms with Crippen molar-refractivity contribution in [3.8, 4) is 0 Å². The highest BCUT2D eigenvalue weighted by Crippen LogP contribution is 2.27. The fraction of sp³-hybridized carbons (Fsp3) is 0.522. The average Bonchev–Trinajstić information content (AvgIpc) is 2.81. The second-order valence-corrected chi connectivity index (χ2v) is 8.45. The molecule has 0 atom stereocenters. The van der Waals surface area contributed by atoms with Gasteiger partial charge in [-0.05, 0) is 44.2 Å². The molecule has 0 radical (unpaired) electrons. The highest BCUT2D eigenvalue weighted by atomic mass is 16.2. The smallest absolute Gasteiger partial charge is 0.256 e. The van der Waals surface area contributed by atoms with Gasteiger partial charge in [0.15, 0.2) is 0 Å². The van der Waals surface area contributed by atoms with Crippen LogP contribution in [0.4, 0.5) is 5.82 Å². The fourth-order valence-corrected chi connectivity index (χ4v) is 4.84. The maximum absolute atomic E-state index is 12.6. The number of carbonyl (C=O) groups is 2. The number of hydrogen-bond acceptors (Lipinski definition) is 6. The standard InChI is InChI=1S/C23H30N6O2/c1-17-4-3-9-26-22(17)29(18(2)30)21-7-10-27(11-8-21)20-5-12-28(13-6-20)23(31)19-14-24-16-25-15-19/h3-4,9,14-16,20-21H,5-8,10-13H2,1-2H3. The minimum absolute atomic E-state index is 0.0144. The molecule has 0 N–H and O–H groups in total. The van der Waals surface area contributed by atoms with E-state index >= 15 is 0 Å². The lowest BCUT2D eigenvalue weighted by molar-refractivity contribution is -0.117. The van der Waals surface area contributed by atoms with Gasteiger partial charge in [-0.1, -0.05) is 6.07 Å². The van der Waals surface area contributed by atoms with E-state index in [-0.39, 0.29) is 17.9 Å². The third-order valence-electron chi connectivity index (χ3n) is 6.49. The molecule has 2 aromatic rings. The Morgan fingerprint density at radius 2 is 1.71 bits per heavy atom. The Morgan fingerprint density at radius 1 is 1.03 bits per heavy atom. The quantitative estimate of drug-likeness (QED) is 0.752. The highest BCUT2D eigenvalue weighted by Gasteiger charge is 2.33. The van der Waals surface area contributed by atoms with Crippen molar-refractivity contribution in [2.24, 2.45) is 0 Å². The van der Waals surface area contributed by atoms with Gasteiger partial charge in [-0.15, -0.1) is 0 Å². The van der Waals surface area contributed by atoms with Crippen LogP contribution in [0.5, 0.6) is 0 Å². The minimum Gasteiger partial charge on any atom is -0.338 e. The van der Waals surface area contributed by atoms with Gasteiger partial charge in [0.1, 0.15) is 12.1 Å². The van der Waals surface area contributed by atoms with Crippen molar-refractivity contribution in [3.05, 3.63) is 48.2 Å². The molecule has 0 spiro atoms. The topological polar surface area (TPSA) is 82.5 Å². The molecule has 2 aliphatic rings. The molecular weight excluding hydrogens is 392 g/mol. The van der Waals surface area contributed by atoms with Gasteiger partial charge in [0, 0.05) is 63.8 Å². The van der Waals surface area contributed by atoms with Crippen LogP contribution in [0.15, 0.2) is 37.1 Å². The summed E-state index contributed by atoms with van der Waals surface area (Å²) in [5, 5.41) is 0. The van der Waals surface area contributed by atoms with Crippen molar-refractivity contribution in [3.63, 3.8) is 0 Å². The molecule has 2 aliphatic heterocycles. The normalized spacial score (nSPS) is 18.7. The largest absolute Gasteiger partial charge is 0.338 e. The SMILES string of the molecule is CC(=O)N(c1ncccc1C)C1CCN(C2CCN(C(=O)c3cncnc3)CC2)CC1. The molecule has 8 nitrogen and oxygen atoms in total. The Morgan fingerprint density at radius 3 is 2.32 bits per heavy atom. The Labute approximate surface area is 183 Å². The third kappa shape index (κ3) is 4.74. The van der Waals surface area contributed by atoms with E-state index in [9.17, 15) is 9.59 Å². The Kier molecular flexibility index (Phi) is 6.56. The molecule has 8 heteroatoms. The summed E-state index contributed by atoms with van der Waals surface area (Å²) >= 11 is 0. The van der Waals surface area contributed by atoms with Gasteiger partial charge in [0.05, 0.1) is 5.56 Å². The van der Waals surface area contributed by atoms with E-state index in [1.165, 1.54) is 6.33 Å². The number of aromatic nitrogens is 3. The number of amides is 2. The molecule has 0 saturated carbocycles. The maximum atomic E-state index is 12.6. The second kappa shape index (κ2) is 9.51. The lowest BCUT2D eigenvalue weighted by Gasteiger charge is -2.43. The zero-order chi connectivity index (χ0) is 21.8. The number of anilines is 1. The third-order valence-corrected chi connectivity index (χ3v) is 6.49. The van der Waals surface area contributed by atoms with Gasteiger partial charge < -0.3 is 9.80 Å². The van der Waals surface area contributed by atoms with Gasteiger partial charge in [0.25, 0.3) is 5.91 Å². The predicted molar refractivity (Wildman–Crippen MR) is 118 cm³/mol. The first-order chi connectivity index (χ1) is 15.0. The molecular formula is C23H30N6O2.